The van der Waals surface area contributed by atoms with Crippen LogP contribution in [0.4, 0.5) is 17.1 Å². The standard InChI is InChI=1S/C20H21N3O3/c24-19(17-8-4-5-9-18(17)20(25)26)21-14-10-12-16(13-11-14)23-22-15-6-2-1-3-7-15/h1-3,6-7,10-13,17-18H,4-5,8-9H2,(H,21,24)(H,25,26)/p-1/t17-,18-/m0/s1. The molecule has 0 radical (unpaired) electrons. The van der Waals surface area contributed by atoms with Crippen LogP contribution in [0.2, 0.25) is 0 Å². The van der Waals surface area contributed by atoms with Gasteiger partial charge in [-0.2, -0.15) is 10.2 Å². The fourth-order valence-electron chi connectivity index (χ4n) is 3.18. The van der Waals surface area contributed by atoms with Crippen molar-refractivity contribution in [3.63, 3.8) is 0 Å². The van der Waals surface area contributed by atoms with Crippen LogP contribution in [-0.2, 0) is 9.59 Å². The molecule has 6 nitrogen and oxygen atoms in total. The number of hydrogen-bond acceptors (Lipinski definition) is 5. The summed E-state index contributed by atoms with van der Waals surface area (Å²) in [7, 11) is 0. The first kappa shape index (κ1) is 17.8. The predicted octanol–water partition coefficient (Wildman–Crippen LogP) is 3.60. The van der Waals surface area contributed by atoms with Gasteiger partial charge in [0.25, 0.3) is 0 Å². The normalized spacial score (nSPS) is 20.0. The zero-order valence-corrected chi connectivity index (χ0v) is 14.3. The SMILES string of the molecule is O=C([O-])[C@H]1CCCC[C@@H]1C(=O)Nc1ccc(N=Nc2ccccc2)cc1. The second-order valence-electron chi connectivity index (χ2n) is 6.39. The van der Waals surface area contributed by atoms with Crippen molar-refractivity contribution in [1.82, 2.24) is 0 Å². The molecule has 0 saturated heterocycles. The van der Waals surface area contributed by atoms with Gasteiger partial charge in [0.1, 0.15) is 0 Å². The molecule has 1 fully saturated rings. The van der Waals surface area contributed by atoms with Crippen molar-refractivity contribution in [2.45, 2.75) is 25.7 Å². The van der Waals surface area contributed by atoms with Crippen LogP contribution in [0, 0.1) is 11.8 Å². The molecule has 0 unspecified atom stereocenters. The largest absolute Gasteiger partial charge is 0.550 e. The molecule has 134 valence electrons. The number of carbonyl (C=O) groups is 2. The number of aliphatic carboxylic acids is 1. The van der Waals surface area contributed by atoms with E-state index in [0.717, 1.165) is 18.5 Å². The Balaban J connectivity index is 1.62. The molecule has 2 atom stereocenters. The van der Waals surface area contributed by atoms with Gasteiger partial charge in [-0.3, -0.25) is 4.79 Å². The highest BCUT2D eigenvalue weighted by molar-refractivity contribution is 5.95. The quantitative estimate of drug-likeness (QED) is 0.835. The minimum atomic E-state index is -1.14. The lowest BCUT2D eigenvalue weighted by molar-refractivity contribution is -0.313. The number of nitrogens with one attached hydrogen (secondary N) is 1. The van der Waals surface area contributed by atoms with Crippen molar-refractivity contribution in [1.29, 1.82) is 0 Å². The number of anilines is 1. The summed E-state index contributed by atoms with van der Waals surface area (Å²) in [5.41, 5.74) is 2.03. The number of azo groups is 1. The lowest BCUT2D eigenvalue weighted by Crippen LogP contribution is -2.42. The van der Waals surface area contributed by atoms with Gasteiger partial charge in [-0.1, -0.05) is 31.0 Å². The third-order valence-electron chi connectivity index (χ3n) is 4.58. The minimum absolute atomic E-state index is 0.266. The van der Waals surface area contributed by atoms with Gasteiger partial charge in [0.05, 0.1) is 11.4 Å². The van der Waals surface area contributed by atoms with E-state index >= 15 is 0 Å². The summed E-state index contributed by atoms with van der Waals surface area (Å²) in [4.78, 5) is 23.7. The number of hydrogen-bond donors (Lipinski definition) is 1. The fourth-order valence-corrected chi connectivity index (χ4v) is 3.18. The van der Waals surface area contributed by atoms with Crippen molar-refractivity contribution in [2.24, 2.45) is 22.1 Å². The highest BCUT2D eigenvalue weighted by Crippen LogP contribution is 2.31. The van der Waals surface area contributed by atoms with E-state index in [4.69, 9.17) is 0 Å². The van der Waals surface area contributed by atoms with E-state index in [1.54, 1.807) is 24.3 Å². The monoisotopic (exact) mass is 350 g/mol. The van der Waals surface area contributed by atoms with Crippen LogP contribution >= 0.6 is 0 Å². The Labute approximate surface area is 152 Å². The van der Waals surface area contributed by atoms with Crippen LogP contribution in [-0.4, -0.2) is 11.9 Å². The third-order valence-corrected chi connectivity index (χ3v) is 4.58. The predicted molar refractivity (Wildman–Crippen MR) is 96.1 cm³/mol. The van der Waals surface area contributed by atoms with Crippen LogP contribution in [0.15, 0.2) is 64.8 Å². The van der Waals surface area contributed by atoms with Gasteiger partial charge < -0.3 is 15.2 Å². The van der Waals surface area contributed by atoms with E-state index in [1.165, 1.54) is 0 Å². The van der Waals surface area contributed by atoms with Gasteiger partial charge in [0.15, 0.2) is 0 Å². The Morgan fingerprint density at radius 2 is 1.42 bits per heavy atom. The second-order valence-corrected chi connectivity index (χ2v) is 6.39. The number of carboxylic acid groups (broad SMARTS) is 1. The molecule has 1 N–H and O–H groups in total. The summed E-state index contributed by atoms with van der Waals surface area (Å²) < 4.78 is 0. The first-order valence-electron chi connectivity index (χ1n) is 8.72. The van der Waals surface area contributed by atoms with Crippen LogP contribution < -0.4 is 10.4 Å². The molecule has 0 spiro atoms. The summed E-state index contributed by atoms with van der Waals surface area (Å²) >= 11 is 0. The summed E-state index contributed by atoms with van der Waals surface area (Å²) in [6.07, 6.45) is 2.76. The molecule has 26 heavy (non-hydrogen) atoms. The van der Waals surface area contributed by atoms with Crippen molar-refractivity contribution < 1.29 is 14.7 Å². The van der Waals surface area contributed by atoms with E-state index in [0.29, 0.717) is 24.2 Å². The first-order valence-corrected chi connectivity index (χ1v) is 8.72. The van der Waals surface area contributed by atoms with Crippen LogP contribution in [0.5, 0.6) is 0 Å². The molecule has 0 heterocycles. The Bertz CT molecular complexity index is 788. The fraction of sp³-hybridized carbons (Fsp3) is 0.300. The Morgan fingerprint density at radius 1 is 0.846 bits per heavy atom. The van der Waals surface area contributed by atoms with Gasteiger partial charge in [-0.25, -0.2) is 0 Å². The molecule has 1 aliphatic carbocycles. The molecular formula is C20H20N3O3-. The number of carbonyl (C=O) groups excluding carboxylic acids is 2. The van der Waals surface area contributed by atoms with Gasteiger partial charge in [0.2, 0.25) is 5.91 Å². The molecule has 0 aromatic heterocycles. The smallest absolute Gasteiger partial charge is 0.228 e. The molecule has 0 bridgehead atoms. The van der Waals surface area contributed by atoms with Gasteiger partial charge in [-0.15, -0.1) is 0 Å². The van der Waals surface area contributed by atoms with E-state index in [2.05, 4.69) is 15.5 Å². The molecule has 1 aliphatic rings. The molecule has 0 aliphatic heterocycles. The van der Waals surface area contributed by atoms with Gasteiger partial charge in [-0.05, 0) is 49.2 Å². The van der Waals surface area contributed by atoms with E-state index < -0.39 is 17.8 Å². The first-order chi connectivity index (χ1) is 12.6. The summed E-state index contributed by atoms with van der Waals surface area (Å²) in [5.74, 6) is -2.65. The van der Waals surface area contributed by atoms with Crippen molar-refractivity contribution >= 4 is 28.9 Å². The Hall–Kier alpha value is -3.02. The molecule has 2 aromatic rings. The number of benzene rings is 2. The highest BCUT2D eigenvalue weighted by Gasteiger charge is 2.31. The van der Waals surface area contributed by atoms with Gasteiger partial charge >= 0.3 is 0 Å². The highest BCUT2D eigenvalue weighted by atomic mass is 16.4. The van der Waals surface area contributed by atoms with Crippen molar-refractivity contribution in [2.75, 3.05) is 5.32 Å². The van der Waals surface area contributed by atoms with Crippen LogP contribution in [0.25, 0.3) is 0 Å². The zero-order chi connectivity index (χ0) is 18.4. The average molecular weight is 350 g/mol. The molecule has 3 rings (SSSR count). The number of amides is 1. The molecule has 2 aromatic carbocycles. The van der Waals surface area contributed by atoms with Crippen LogP contribution in [0.3, 0.4) is 0 Å². The van der Waals surface area contributed by atoms with E-state index in [-0.39, 0.29) is 5.91 Å². The Morgan fingerprint density at radius 3 is 2.04 bits per heavy atom. The van der Waals surface area contributed by atoms with E-state index in [9.17, 15) is 14.7 Å². The lowest BCUT2D eigenvalue weighted by Gasteiger charge is -2.31. The van der Waals surface area contributed by atoms with E-state index in [1.807, 2.05) is 30.3 Å². The maximum atomic E-state index is 12.4. The number of nitrogens with zero attached hydrogens (tertiary/aromatic N) is 2. The minimum Gasteiger partial charge on any atom is -0.550 e. The molecule has 1 amide bonds. The topological polar surface area (TPSA) is 93.9 Å². The lowest BCUT2D eigenvalue weighted by atomic mass is 9.78. The van der Waals surface area contributed by atoms with Crippen LogP contribution in [0.1, 0.15) is 25.7 Å². The summed E-state index contributed by atoms with van der Waals surface area (Å²) in [5, 5.41) is 22.3. The maximum absolute atomic E-state index is 12.4. The number of carboxylic acids is 1. The van der Waals surface area contributed by atoms with Crippen molar-refractivity contribution in [3.8, 4) is 0 Å². The zero-order valence-electron chi connectivity index (χ0n) is 14.3. The second kappa shape index (κ2) is 8.38. The average Bonchev–Trinajstić information content (AvgIpc) is 2.68. The van der Waals surface area contributed by atoms with Gasteiger partial charge in [0, 0.05) is 23.5 Å². The number of rotatable bonds is 5. The maximum Gasteiger partial charge on any atom is 0.228 e. The summed E-state index contributed by atoms with van der Waals surface area (Å²) in [6.45, 7) is 0. The molecule has 6 heteroatoms. The molecule has 1 saturated carbocycles. The third kappa shape index (κ3) is 4.53. The Kier molecular flexibility index (Phi) is 5.73. The summed E-state index contributed by atoms with van der Waals surface area (Å²) in [6, 6.07) is 16.4. The molecular weight excluding hydrogens is 330 g/mol. The van der Waals surface area contributed by atoms with Crippen molar-refractivity contribution in [3.05, 3.63) is 54.6 Å².